The van der Waals surface area contributed by atoms with Crippen LogP contribution in [0.2, 0.25) is 0 Å². The van der Waals surface area contributed by atoms with Crippen LogP contribution in [0.1, 0.15) is 29.7 Å². The number of nitrogens with one attached hydrogen (secondary N) is 3. The van der Waals surface area contributed by atoms with E-state index in [4.69, 9.17) is 5.11 Å². The number of fused-ring (bicyclic) bond motifs is 1. The first-order valence-corrected chi connectivity index (χ1v) is 7.80. The van der Waals surface area contributed by atoms with Gasteiger partial charge < -0.3 is 20.4 Å². The average Bonchev–Trinajstić information content (AvgIpc) is 2.94. The molecule has 0 radical (unpaired) electrons. The van der Waals surface area contributed by atoms with E-state index in [1.54, 1.807) is 0 Å². The monoisotopic (exact) mass is 311 g/mol. The normalized spacial score (nSPS) is 12.6. The fraction of sp³-hybridized carbons (Fsp3) is 0.278. The van der Waals surface area contributed by atoms with Gasteiger partial charge in [-0.25, -0.2) is 4.79 Å². The lowest BCUT2D eigenvalue weighted by Crippen LogP contribution is -2.21. The molecule has 3 rings (SSSR count). The van der Waals surface area contributed by atoms with Crippen molar-refractivity contribution in [3.8, 4) is 0 Å². The Bertz CT molecular complexity index is 833. The van der Waals surface area contributed by atoms with Crippen molar-refractivity contribution in [2.75, 3.05) is 6.54 Å². The van der Waals surface area contributed by atoms with E-state index in [-0.39, 0.29) is 18.3 Å². The van der Waals surface area contributed by atoms with Gasteiger partial charge in [0.05, 0.1) is 17.6 Å². The lowest BCUT2D eigenvalue weighted by Gasteiger charge is -2.14. The Morgan fingerprint density at radius 1 is 1.04 bits per heavy atom. The Morgan fingerprint density at radius 3 is 2.48 bits per heavy atom. The quantitative estimate of drug-likeness (QED) is 0.563. The lowest BCUT2D eigenvalue weighted by molar-refractivity contribution is 0.282. The molecule has 1 atom stereocenters. The van der Waals surface area contributed by atoms with Crippen LogP contribution in [-0.4, -0.2) is 21.6 Å². The molecule has 1 unspecified atom stereocenters. The largest absolute Gasteiger partial charge is 0.392 e. The number of hydrogen-bond donors (Lipinski definition) is 4. The van der Waals surface area contributed by atoms with Crippen molar-refractivity contribution >= 4 is 11.0 Å². The number of imidazole rings is 1. The molecule has 0 saturated heterocycles. The summed E-state index contributed by atoms with van der Waals surface area (Å²) >= 11 is 0. The molecule has 1 heterocycles. The van der Waals surface area contributed by atoms with Crippen LogP contribution in [0.25, 0.3) is 11.0 Å². The number of aromatic nitrogens is 2. The van der Waals surface area contributed by atoms with Gasteiger partial charge in [0.25, 0.3) is 0 Å². The number of rotatable bonds is 6. The topological polar surface area (TPSA) is 80.9 Å². The van der Waals surface area contributed by atoms with Gasteiger partial charge in [0, 0.05) is 6.04 Å². The fourth-order valence-corrected chi connectivity index (χ4v) is 2.68. The minimum Gasteiger partial charge on any atom is -0.392 e. The second-order valence-electron chi connectivity index (χ2n) is 5.78. The summed E-state index contributed by atoms with van der Waals surface area (Å²) in [7, 11) is 0. The Balaban J connectivity index is 1.59. The van der Waals surface area contributed by atoms with Gasteiger partial charge in [-0.2, -0.15) is 0 Å². The van der Waals surface area contributed by atoms with Gasteiger partial charge in [-0.1, -0.05) is 30.3 Å². The van der Waals surface area contributed by atoms with Gasteiger partial charge in [-0.3, -0.25) is 0 Å². The van der Waals surface area contributed by atoms with Gasteiger partial charge in [0.2, 0.25) is 0 Å². The SMILES string of the molecule is CC(NCCc1ccc(CO)cc1)c1ccc2[nH]c(=O)[nH]c2c1. The van der Waals surface area contributed by atoms with Gasteiger partial charge >= 0.3 is 5.69 Å². The molecule has 5 heteroatoms. The predicted molar refractivity (Wildman–Crippen MR) is 91.4 cm³/mol. The molecule has 4 N–H and O–H groups in total. The van der Waals surface area contributed by atoms with Crippen molar-refractivity contribution in [2.45, 2.75) is 26.0 Å². The smallest absolute Gasteiger partial charge is 0.323 e. The van der Waals surface area contributed by atoms with E-state index in [2.05, 4.69) is 34.3 Å². The number of benzene rings is 2. The maximum atomic E-state index is 11.3. The summed E-state index contributed by atoms with van der Waals surface area (Å²) < 4.78 is 0. The minimum atomic E-state index is -0.177. The van der Waals surface area contributed by atoms with Crippen LogP contribution in [0.5, 0.6) is 0 Å². The second kappa shape index (κ2) is 6.81. The van der Waals surface area contributed by atoms with Crippen LogP contribution in [0, 0.1) is 0 Å². The Hall–Kier alpha value is -2.37. The number of aromatic amines is 2. The number of hydrogen-bond acceptors (Lipinski definition) is 3. The molecule has 1 aromatic heterocycles. The minimum absolute atomic E-state index is 0.0826. The van der Waals surface area contributed by atoms with E-state index in [0.717, 1.165) is 35.1 Å². The van der Waals surface area contributed by atoms with Crippen LogP contribution in [0.4, 0.5) is 0 Å². The fourth-order valence-electron chi connectivity index (χ4n) is 2.68. The van der Waals surface area contributed by atoms with Crippen molar-refractivity contribution in [3.05, 3.63) is 69.6 Å². The third kappa shape index (κ3) is 3.70. The average molecular weight is 311 g/mol. The maximum absolute atomic E-state index is 11.3. The summed E-state index contributed by atoms with van der Waals surface area (Å²) in [4.78, 5) is 16.8. The summed E-state index contributed by atoms with van der Waals surface area (Å²) in [5.74, 6) is 0. The highest BCUT2D eigenvalue weighted by atomic mass is 16.3. The molecule has 0 amide bonds. The van der Waals surface area contributed by atoms with E-state index in [9.17, 15) is 4.79 Å². The van der Waals surface area contributed by atoms with Crippen molar-refractivity contribution in [1.29, 1.82) is 0 Å². The van der Waals surface area contributed by atoms with E-state index in [1.807, 2.05) is 30.3 Å². The van der Waals surface area contributed by atoms with Crippen LogP contribution in [0.15, 0.2) is 47.3 Å². The molecule has 3 aromatic rings. The number of H-pyrrole nitrogens is 2. The van der Waals surface area contributed by atoms with Gasteiger partial charge in [-0.05, 0) is 48.7 Å². The molecule has 0 bridgehead atoms. The molecule has 0 aliphatic heterocycles. The third-order valence-corrected chi connectivity index (χ3v) is 4.11. The van der Waals surface area contributed by atoms with E-state index >= 15 is 0 Å². The first kappa shape index (κ1) is 15.5. The van der Waals surface area contributed by atoms with Crippen LogP contribution in [0.3, 0.4) is 0 Å². The molecule has 5 nitrogen and oxygen atoms in total. The second-order valence-corrected chi connectivity index (χ2v) is 5.78. The predicted octanol–water partition coefficient (Wildman–Crippen LogP) is 2.24. The molecular formula is C18H21N3O2. The van der Waals surface area contributed by atoms with Crippen LogP contribution >= 0.6 is 0 Å². The van der Waals surface area contributed by atoms with E-state index in [0.29, 0.717) is 0 Å². The molecule has 0 saturated carbocycles. The standard InChI is InChI=1S/C18H21N3O2/c1-12(15-6-7-16-17(10-15)21-18(23)20-16)19-9-8-13-2-4-14(11-22)5-3-13/h2-7,10,12,19,22H,8-9,11H2,1H3,(H2,20,21,23). The van der Waals surface area contributed by atoms with Gasteiger partial charge in [0.15, 0.2) is 0 Å². The molecule has 0 aliphatic carbocycles. The maximum Gasteiger partial charge on any atom is 0.323 e. The summed E-state index contributed by atoms with van der Waals surface area (Å²) in [6.07, 6.45) is 0.930. The Kier molecular flexibility index (Phi) is 4.60. The summed E-state index contributed by atoms with van der Waals surface area (Å²) in [5, 5.41) is 12.5. The number of aliphatic hydroxyl groups is 1. The molecule has 0 spiro atoms. The van der Waals surface area contributed by atoms with E-state index in [1.165, 1.54) is 5.56 Å². The number of aliphatic hydroxyl groups excluding tert-OH is 1. The lowest BCUT2D eigenvalue weighted by atomic mass is 10.1. The van der Waals surface area contributed by atoms with Crippen LogP contribution < -0.4 is 11.0 Å². The zero-order valence-corrected chi connectivity index (χ0v) is 13.1. The molecule has 0 aliphatic rings. The third-order valence-electron chi connectivity index (χ3n) is 4.11. The molecule has 2 aromatic carbocycles. The first-order valence-electron chi connectivity index (χ1n) is 7.80. The zero-order valence-electron chi connectivity index (χ0n) is 13.1. The zero-order chi connectivity index (χ0) is 16.2. The molecular weight excluding hydrogens is 290 g/mol. The van der Waals surface area contributed by atoms with Crippen LogP contribution in [-0.2, 0) is 13.0 Å². The van der Waals surface area contributed by atoms with Crippen molar-refractivity contribution < 1.29 is 5.11 Å². The van der Waals surface area contributed by atoms with Crippen molar-refractivity contribution in [2.24, 2.45) is 0 Å². The van der Waals surface area contributed by atoms with E-state index < -0.39 is 0 Å². The summed E-state index contributed by atoms with van der Waals surface area (Å²) in [6, 6.07) is 14.2. The highest BCUT2D eigenvalue weighted by molar-refractivity contribution is 5.75. The summed E-state index contributed by atoms with van der Waals surface area (Å²) in [6.45, 7) is 3.06. The van der Waals surface area contributed by atoms with Crippen molar-refractivity contribution in [1.82, 2.24) is 15.3 Å². The molecule has 23 heavy (non-hydrogen) atoms. The molecule has 120 valence electrons. The Morgan fingerprint density at radius 2 is 1.74 bits per heavy atom. The first-order chi connectivity index (χ1) is 11.2. The van der Waals surface area contributed by atoms with Crippen molar-refractivity contribution in [3.63, 3.8) is 0 Å². The van der Waals surface area contributed by atoms with Gasteiger partial charge in [0.1, 0.15) is 0 Å². The highest BCUT2D eigenvalue weighted by Crippen LogP contribution is 2.17. The van der Waals surface area contributed by atoms with Gasteiger partial charge in [-0.15, -0.1) is 0 Å². The summed E-state index contributed by atoms with van der Waals surface area (Å²) in [5.41, 5.74) is 4.80. The Labute approximate surface area is 134 Å². The highest BCUT2D eigenvalue weighted by Gasteiger charge is 2.07. The molecule has 0 fully saturated rings.